The Morgan fingerprint density at radius 2 is 2.64 bits per heavy atom. The first-order chi connectivity index (χ1) is 5.25. The molecule has 0 aromatic carbocycles. The Morgan fingerprint density at radius 1 is 1.91 bits per heavy atom. The van der Waals surface area contributed by atoms with Gasteiger partial charge in [-0.2, -0.15) is 0 Å². The third-order valence-corrected chi connectivity index (χ3v) is 1.91. The Bertz CT molecular complexity index is 179. The highest BCUT2D eigenvalue weighted by molar-refractivity contribution is 7.80. The highest BCUT2D eigenvalue weighted by atomic mass is 32.1. The topological polar surface area (TPSA) is 35.5 Å². The SMILES string of the molecule is CCOC(=S)C1CCOC1=O. The van der Waals surface area contributed by atoms with E-state index in [0.717, 1.165) is 0 Å². The molecule has 62 valence electrons. The fourth-order valence-corrected chi connectivity index (χ4v) is 1.28. The summed E-state index contributed by atoms with van der Waals surface area (Å²) < 4.78 is 9.75. The van der Waals surface area contributed by atoms with Crippen LogP contribution < -0.4 is 0 Å². The molecule has 0 radical (unpaired) electrons. The van der Waals surface area contributed by atoms with Crippen molar-refractivity contribution in [2.45, 2.75) is 13.3 Å². The molecule has 11 heavy (non-hydrogen) atoms. The van der Waals surface area contributed by atoms with Gasteiger partial charge in [-0.15, -0.1) is 0 Å². The molecular weight excluding hydrogens is 164 g/mol. The molecule has 0 aromatic heterocycles. The molecule has 0 N–H and O–H groups in total. The Kier molecular flexibility index (Phi) is 2.82. The van der Waals surface area contributed by atoms with E-state index in [2.05, 4.69) is 0 Å². The van der Waals surface area contributed by atoms with Crippen molar-refractivity contribution in [1.82, 2.24) is 0 Å². The van der Waals surface area contributed by atoms with Crippen LogP contribution in [0.5, 0.6) is 0 Å². The van der Waals surface area contributed by atoms with Gasteiger partial charge in [0.25, 0.3) is 0 Å². The summed E-state index contributed by atoms with van der Waals surface area (Å²) in [5.74, 6) is -0.548. The van der Waals surface area contributed by atoms with E-state index < -0.39 is 0 Å². The second-order valence-corrected chi connectivity index (χ2v) is 2.66. The fraction of sp³-hybridized carbons (Fsp3) is 0.714. The van der Waals surface area contributed by atoms with Crippen LogP contribution in [0.15, 0.2) is 0 Å². The zero-order valence-electron chi connectivity index (χ0n) is 6.33. The van der Waals surface area contributed by atoms with Gasteiger partial charge in [-0.1, -0.05) is 0 Å². The third-order valence-electron chi connectivity index (χ3n) is 1.51. The quantitative estimate of drug-likeness (QED) is 0.460. The molecule has 1 unspecified atom stereocenters. The monoisotopic (exact) mass is 174 g/mol. The summed E-state index contributed by atoms with van der Waals surface area (Å²) in [7, 11) is 0. The van der Waals surface area contributed by atoms with Gasteiger partial charge in [-0.3, -0.25) is 4.79 Å². The summed E-state index contributed by atoms with van der Waals surface area (Å²) >= 11 is 4.87. The van der Waals surface area contributed by atoms with E-state index in [-0.39, 0.29) is 11.9 Å². The van der Waals surface area contributed by atoms with Crippen LogP contribution in [0, 0.1) is 5.92 Å². The standard InChI is InChI=1S/C7H10O3S/c1-2-9-7(11)5-3-4-10-6(5)8/h5H,2-4H2,1H3. The smallest absolute Gasteiger partial charge is 0.317 e. The average molecular weight is 174 g/mol. The van der Waals surface area contributed by atoms with Gasteiger partial charge in [0, 0.05) is 6.42 Å². The lowest BCUT2D eigenvalue weighted by Crippen LogP contribution is -2.19. The van der Waals surface area contributed by atoms with Crippen molar-refractivity contribution in [3.63, 3.8) is 0 Å². The summed E-state index contributed by atoms with van der Waals surface area (Å²) in [6.07, 6.45) is 0.664. The van der Waals surface area contributed by atoms with E-state index in [1.54, 1.807) is 0 Å². The van der Waals surface area contributed by atoms with E-state index in [1.807, 2.05) is 6.92 Å². The molecule has 1 heterocycles. The van der Waals surface area contributed by atoms with Crippen LogP contribution in [-0.4, -0.2) is 24.2 Å². The average Bonchev–Trinajstić information content (AvgIpc) is 2.36. The third kappa shape index (κ3) is 1.89. The van der Waals surface area contributed by atoms with E-state index in [0.29, 0.717) is 24.7 Å². The minimum Gasteiger partial charge on any atom is -0.486 e. The lowest BCUT2D eigenvalue weighted by atomic mass is 10.1. The van der Waals surface area contributed by atoms with Crippen LogP contribution in [-0.2, 0) is 14.3 Å². The van der Waals surface area contributed by atoms with Crippen molar-refractivity contribution in [3.05, 3.63) is 0 Å². The van der Waals surface area contributed by atoms with E-state index >= 15 is 0 Å². The summed E-state index contributed by atoms with van der Waals surface area (Å²) in [6, 6.07) is 0. The van der Waals surface area contributed by atoms with Crippen LogP contribution in [0.4, 0.5) is 0 Å². The van der Waals surface area contributed by atoms with Gasteiger partial charge in [-0.25, -0.2) is 0 Å². The van der Waals surface area contributed by atoms with Gasteiger partial charge in [-0.05, 0) is 19.1 Å². The summed E-state index contributed by atoms with van der Waals surface area (Å²) in [4.78, 5) is 10.9. The number of carbonyl (C=O) groups is 1. The lowest BCUT2D eigenvalue weighted by molar-refractivity contribution is -0.139. The normalized spacial score (nSPS) is 23.0. The number of esters is 1. The van der Waals surface area contributed by atoms with Crippen molar-refractivity contribution >= 4 is 23.2 Å². The molecule has 0 aliphatic carbocycles. The maximum atomic E-state index is 10.9. The predicted octanol–water partition coefficient (Wildman–Crippen LogP) is 0.913. The molecule has 0 bridgehead atoms. The number of ether oxygens (including phenoxy) is 2. The molecule has 0 spiro atoms. The van der Waals surface area contributed by atoms with Crippen molar-refractivity contribution in [2.75, 3.05) is 13.2 Å². The van der Waals surface area contributed by atoms with Crippen molar-refractivity contribution < 1.29 is 14.3 Å². The molecule has 1 atom stereocenters. The van der Waals surface area contributed by atoms with E-state index in [4.69, 9.17) is 21.7 Å². The molecule has 4 heteroatoms. The fourth-order valence-electron chi connectivity index (χ4n) is 0.953. The maximum absolute atomic E-state index is 10.9. The van der Waals surface area contributed by atoms with Gasteiger partial charge < -0.3 is 9.47 Å². The lowest BCUT2D eigenvalue weighted by Gasteiger charge is -2.06. The molecule has 0 saturated carbocycles. The van der Waals surface area contributed by atoms with Gasteiger partial charge in [0.2, 0.25) is 0 Å². The molecular formula is C7H10O3S. The first kappa shape index (κ1) is 8.46. The van der Waals surface area contributed by atoms with Gasteiger partial charge in [0.05, 0.1) is 13.2 Å². The number of thiocarbonyl (C=S) groups is 1. The summed E-state index contributed by atoms with van der Waals surface area (Å²) in [5, 5.41) is 0.370. The highest BCUT2D eigenvalue weighted by Crippen LogP contribution is 2.16. The molecule has 1 rings (SSSR count). The van der Waals surface area contributed by atoms with Crippen LogP contribution in [0.2, 0.25) is 0 Å². The maximum Gasteiger partial charge on any atom is 0.317 e. The number of cyclic esters (lactones) is 1. The number of carbonyl (C=O) groups excluding carboxylic acids is 1. The summed E-state index contributed by atoms with van der Waals surface area (Å²) in [6.45, 7) is 2.83. The molecule has 1 fully saturated rings. The first-order valence-corrected chi connectivity index (χ1v) is 3.99. The Balaban J connectivity index is 2.46. The van der Waals surface area contributed by atoms with E-state index in [9.17, 15) is 4.79 Å². The van der Waals surface area contributed by atoms with Crippen LogP contribution in [0.3, 0.4) is 0 Å². The molecule has 0 amide bonds. The minimum atomic E-state index is -0.301. The zero-order valence-corrected chi connectivity index (χ0v) is 7.15. The van der Waals surface area contributed by atoms with Crippen molar-refractivity contribution in [3.8, 4) is 0 Å². The molecule has 1 aliphatic heterocycles. The van der Waals surface area contributed by atoms with Crippen molar-refractivity contribution in [1.29, 1.82) is 0 Å². The molecule has 1 saturated heterocycles. The van der Waals surface area contributed by atoms with E-state index in [1.165, 1.54) is 0 Å². The number of hydrogen-bond donors (Lipinski definition) is 0. The second-order valence-electron chi connectivity index (χ2n) is 2.26. The molecule has 3 nitrogen and oxygen atoms in total. The van der Waals surface area contributed by atoms with Crippen LogP contribution in [0.1, 0.15) is 13.3 Å². The van der Waals surface area contributed by atoms with Crippen LogP contribution >= 0.6 is 12.2 Å². The van der Waals surface area contributed by atoms with Crippen molar-refractivity contribution in [2.24, 2.45) is 5.92 Å². The van der Waals surface area contributed by atoms with Gasteiger partial charge in [0.15, 0.2) is 5.05 Å². The Morgan fingerprint density at radius 3 is 3.09 bits per heavy atom. The van der Waals surface area contributed by atoms with Crippen LogP contribution in [0.25, 0.3) is 0 Å². The molecule has 0 aromatic rings. The Hall–Kier alpha value is -0.640. The Labute approximate surface area is 70.7 Å². The predicted molar refractivity (Wildman–Crippen MR) is 43.3 cm³/mol. The molecule has 1 aliphatic rings. The first-order valence-electron chi connectivity index (χ1n) is 3.59. The zero-order chi connectivity index (χ0) is 8.27. The number of hydrogen-bond acceptors (Lipinski definition) is 4. The van der Waals surface area contributed by atoms with Gasteiger partial charge in [0.1, 0.15) is 5.92 Å². The second kappa shape index (κ2) is 3.67. The minimum absolute atomic E-state index is 0.247. The largest absolute Gasteiger partial charge is 0.486 e. The highest BCUT2D eigenvalue weighted by Gasteiger charge is 2.31. The summed E-state index contributed by atoms with van der Waals surface area (Å²) in [5.41, 5.74) is 0. The number of rotatable bonds is 2. The van der Waals surface area contributed by atoms with Gasteiger partial charge >= 0.3 is 5.97 Å².